The van der Waals surface area contributed by atoms with Gasteiger partial charge in [-0.25, -0.2) is 8.78 Å². The largest absolute Gasteiger partial charge is 0.374 e. The lowest BCUT2D eigenvalue weighted by Gasteiger charge is -2.14. The number of carbonyl (C=O) groups excluding carboxylic acids is 1. The number of hydrogen-bond acceptors (Lipinski definition) is 3. The van der Waals surface area contributed by atoms with Crippen LogP contribution < -0.4 is 10.6 Å². The van der Waals surface area contributed by atoms with Gasteiger partial charge in [0.1, 0.15) is 0 Å². The van der Waals surface area contributed by atoms with Crippen LogP contribution in [0.2, 0.25) is 0 Å². The molecule has 1 unspecified atom stereocenters. The van der Waals surface area contributed by atoms with Crippen LogP contribution in [0.3, 0.4) is 0 Å². The normalized spacial score (nSPS) is 17.0. The summed E-state index contributed by atoms with van der Waals surface area (Å²) in [5, 5.41) is 6.47. The number of rotatable bonds is 5. The van der Waals surface area contributed by atoms with E-state index in [1.54, 1.807) is 12.2 Å². The Labute approximate surface area is 195 Å². The molecule has 4 rings (SSSR count). The van der Waals surface area contributed by atoms with Gasteiger partial charge in [0.15, 0.2) is 11.6 Å². The van der Waals surface area contributed by atoms with E-state index in [1.807, 2.05) is 48.5 Å². The van der Waals surface area contributed by atoms with Gasteiger partial charge < -0.3 is 10.6 Å². The van der Waals surface area contributed by atoms with Crippen molar-refractivity contribution < 1.29 is 13.6 Å². The Bertz CT molecular complexity index is 1190. The van der Waals surface area contributed by atoms with E-state index in [4.69, 9.17) is 0 Å². The van der Waals surface area contributed by atoms with Gasteiger partial charge in [-0.05, 0) is 78.4 Å². The molecular formula is C24H16Br2F2N2O. The van der Waals surface area contributed by atoms with E-state index in [0.717, 1.165) is 32.5 Å². The van der Waals surface area contributed by atoms with Crippen LogP contribution in [0.4, 0.5) is 20.2 Å². The molecule has 3 nitrogen and oxygen atoms in total. The molecular weight excluding hydrogens is 530 g/mol. The predicted octanol–water partition coefficient (Wildman–Crippen LogP) is 6.93. The lowest BCUT2D eigenvalue weighted by atomic mass is 10.0. The zero-order valence-corrected chi connectivity index (χ0v) is 19.2. The average Bonchev–Trinajstić information content (AvgIpc) is 3.03. The zero-order valence-electron chi connectivity index (χ0n) is 16.0. The summed E-state index contributed by atoms with van der Waals surface area (Å²) in [7, 11) is 0. The van der Waals surface area contributed by atoms with Crippen LogP contribution in [0, 0.1) is 11.6 Å². The summed E-state index contributed by atoms with van der Waals surface area (Å²) in [4.78, 5) is 13.2. The van der Waals surface area contributed by atoms with Crippen molar-refractivity contribution in [2.75, 3.05) is 10.6 Å². The molecule has 0 amide bonds. The van der Waals surface area contributed by atoms with Gasteiger partial charge in [-0.1, -0.05) is 37.9 Å². The van der Waals surface area contributed by atoms with Gasteiger partial charge in [0.2, 0.25) is 5.78 Å². The zero-order chi connectivity index (χ0) is 22.0. The average molecular weight is 546 g/mol. The number of carbonyl (C=O) groups is 1. The van der Waals surface area contributed by atoms with Gasteiger partial charge in [-0.3, -0.25) is 4.79 Å². The minimum Gasteiger partial charge on any atom is -0.374 e. The molecule has 2 N–H and O–H groups in total. The van der Waals surface area contributed by atoms with Crippen LogP contribution in [0.1, 0.15) is 5.56 Å². The van der Waals surface area contributed by atoms with Gasteiger partial charge >= 0.3 is 0 Å². The smallest absolute Gasteiger partial charge is 0.207 e. The van der Waals surface area contributed by atoms with E-state index in [0.29, 0.717) is 16.8 Å². The fraction of sp³-hybridized carbons (Fsp3) is 0.0417. The Morgan fingerprint density at radius 3 is 2.03 bits per heavy atom. The van der Waals surface area contributed by atoms with E-state index in [1.165, 1.54) is 6.07 Å². The summed E-state index contributed by atoms with van der Waals surface area (Å²) < 4.78 is 28.9. The first-order chi connectivity index (χ1) is 14.9. The Balaban J connectivity index is 1.67. The molecule has 0 heterocycles. The summed E-state index contributed by atoms with van der Waals surface area (Å²) in [5.74, 6) is -2.11. The number of ketones is 1. The number of nitrogens with one attached hydrogen (secondary N) is 2. The number of anilines is 2. The van der Waals surface area contributed by atoms with Gasteiger partial charge in [0.05, 0.1) is 11.7 Å². The lowest BCUT2D eigenvalue weighted by Crippen LogP contribution is -2.19. The van der Waals surface area contributed by atoms with Crippen molar-refractivity contribution in [1.29, 1.82) is 0 Å². The molecule has 31 heavy (non-hydrogen) atoms. The van der Waals surface area contributed by atoms with Crippen LogP contribution in [-0.4, -0.2) is 11.8 Å². The molecule has 1 atom stereocenters. The first-order valence-electron chi connectivity index (χ1n) is 9.37. The third-order valence-electron chi connectivity index (χ3n) is 4.73. The molecule has 0 radical (unpaired) electrons. The van der Waals surface area contributed by atoms with Crippen molar-refractivity contribution in [3.63, 3.8) is 0 Å². The van der Waals surface area contributed by atoms with Crippen LogP contribution in [-0.2, 0) is 4.79 Å². The van der Waals surface area contributed by atoms with Crippen LogP contribution in [0.5, 0.6) is 0 Å². The fourth-order valence-corrected chi connectivity index (χ4v) is 3.73. The van der Waals surface area contributed by atoms with Crippen LogP contribution in [0.25, 0.3) is 6.08 Å². The third-order valence-corrected chi connectivity index (χ3v) is 5.79. The molecule has 3 aromatic rings. The Kier molecular flexibility index (Phi) is 6.34. The maximum atomic E-state index is 13.7. The number of allylic oxidation sites excluding steroid dienone is 1. The molecule has 0 saturated carbocycles. The monoisotopic (exact) mass is 544 g/mol. The van der Waals surface area contributed by atoms with Crippen molar-refractivity contribution in [2.45, 2.75) is 6.04 Å². The van der Waals surface area contributed by atoms with Crippen molar-refractivity contribution in [3.8, 4) is 0 Å². The highest BCUT2D eigenvalue weighted by Crippen LogP contribution is 2.29. The fourth-order valence-electron chi connectivity index (χ4n) is 3.20. The lowest BCUT2D eigenvalue weighted by molar-refractivity contribution is -0.111. The minimum atomic E-state index is -0.960. The van der Waals surface area contributed by atoms with E-state index in [9.17, 15) is 13.6 Å². The molecule has 0 aliphatic heterocycles. The first-order valence-corrected chi connectivity index (χ1v) is 11.0. The number of benzene rings is 3. The minimum absolute atomic E-state index is 0.220. The Hall–Kier alpha value is -2.77. The number of Topliss-reactive ketones (excluding diaryl/α,β-unsaturated/α-hetero) is 1. The second kappa shape index (κ2) is 9.16. The highest BCUT2D eigenvalue weighted by atomic mass is 79.9. The standard InChI is InChI=1S/C24H16Br2F2N2O/c25-15-2-6-17(7-3-15)29-22-13-23(30-18-8-4-16(26)5-9-18)24(31)19(22)11-14-1-10-20(27)21(28)12-14/h1-13,22,29-30H. The van der Waals surface area contributed by atoms with E-state index in [2.05, 4.69) is 42.5 Å². The summed E-state index contributed by atoms with van der Waals surface area (Å²) in [5.41, 5.74) is 2.82. The van der Waals surface area contributed by atoms with Gasteiger partial charge in [0.25, 0.3) is 0 Å². The summed E-state index contributed by atoms with van der Waals surface area (Å²) in [6.45, 7) is 0. The summed E-state index contributed by atoms with van der Waals surface area (Å²) >= 11 is 6.79. The highest BCUT2D eigenvalue weighted by Gasteiger charge is 2.30. The van der Waals surface area contributed by atoms with Gasteiger partial charge in [-0.15, -0.1) is 0 Å². The SMILES string of the molecule is O=C1C(Nc2ccc(Br)cc2)=CC(Nc2ccc(Br)cc2)C1=Cc1ccc(F)c(F)c1. The van der Waals surface area contributed by atoms with E-state index < -0.39 is 17.7 Å². The molecule has 0 spiro atoms. The molecule has 0 aromatic heterocycles. The maximum Gasteiger partial charge on any atom is 0.207 e. The predicted molar refractivity (Wildman–Crippen MR) is 127 cm³/mol. The molecule has 1 aliphatic rings. The first kappa shape index (κ1) is 21.5. The van der Waals surface area contributed by atoms with E-state index in [-0.39, 0.29) is 5.78 Å². The molecule has 1 aliphatic carbocycles. The second-order valence-corrected chi connectivity index (χ2v) is 8.77. The molecule has 0 saturated heterocycles. The third kappa shape index (κ3) is 5.11. The quantitative estimate of drug-likeness (QED) is 0.341. The maximum absolute atomic E-state index is 13.7. The highest BCUT2D eigenvalue weighted by molar-refractivity contribution is 9.10. The van der Waals surface area contributed by atoms with Crippen LogP contribution in [0.15, 0.2) is 93.0 Å². The van der Waals surface area contributed by atoms with Crippen molar-refractivity contribution in [3.05, 3.63) is 110 Å². The number of halogens is 4. The molecule has 7 heteroatoms. The summed E-state index contributed by atoms with van der Waals surface area (Å²) in [6, 6.07) is 18.1. The Morgan fingerprint density at radius 2 is 1.42 bits per heavy atom. The van der Waals surface area contributed by atoms with Crippen molar-refractivity contribution >= 4 is 55.1 Å². The van der Waals surface area contributed by atoms with Gasteiger partial charge in [-0.2, -0.15) is 0 Å². The molecule has 0 fully saturated rings. The molecule has 0 bridgehead atoms. The molecule has 3 aromatic carbocycles. The second-order valence-electron chi connectivity index (χ2n) is 6.94. The summed E-state index contributed by atoms with van der Waals surface area (Å²) in [6.07, 6.45) is 3.37. The van der Waals surface area contributed by atoms with Crippen molar-refractivity contribution in [1.82, 2.24) is 0 Å². The Morgan fingerprint density at radius 1 is 0.806 bits per heavy atom. The molecule has 156 valence electrons. The topological polar surface area (TPSA) is 41.1 Å². The van der Waals surface area contributed by atoms with Gasteiger partial charge in [0, 0.05) is 25.9 Å². The van der Waals surface area contributed by atoms with Crippen molar-refractivity contribution in [2.24, 2.45) is 0 Å². The van der Waals surface area contributed by atoms with Crippen LogP contribution >= 0.6 is 31.9 Å². The van der Waals surface area contributed by atoms with E-state index >= 15 is 0 Å². The number of hydrogen-bond donors (Lipinski definition) is 2.